The van der Waals surface area contributed by atoms with Crippen LogP contribution in [0.3, 0.4) is 0 Å². The molecular formula is C32H31F3N8O2. The summed E-state index contributed by atoms with van der Waals surface area (Å²) < 4.78 is 39.3. The SMILES string of the molecule is Cc1ccc(NC(=O)c2cc(C(F)(F)F)ccn2)cc1N1CCc2nc(Nc3ccc(N4CCN(C)CC4)cc3)ncc2C1=O. The van der Waals surface area contributed by atoms with Crippen molar-refractivity contribution in [3.63, 3.8) is 0 Å². The summed E-state index contributed by atoms with van der Waals surface area (Å²) in [6.45, 7) is 6.20. The summed E-state index contributed by atoms with van der Waals surface area (Å²) in [6.07, 6.45) is -1.67. The maximum absolute atomic E-state index is 13.5. The molecule has 2 aliphatic heterocycles. The van der Waals surface area contributed by atoms with E-state index >= 15 is 0 Å². The van der Waals surface area contributed by atoms with Crippen molar-refractivity contribution in [2.24, 2.45) is 0 Å². The Morgan fingerprint density at radius 2 is 1.64 bits per heavy atom. The van der Waals surface area contributed by atoms with Gasteiger partial charge in [0.2, 0.25) is 5.95 Å². The number of carbonyl (C=O) groups is 2. The van der Waals surface area contributed by atoms with E-state index in [1.807, 2.05) is 19.1 Å². The van der Waals surface area contributed by atoms with E-state index in [1.54, 1.807) is 23.1 Å². The number of amides is 2. The first kappa shape index (κ1) is 30.0. The minimum atomic E-state index is -4.60. The number of aromatic nitrogens is 3. The van der Waals surface area contributed by atoms with Gasteiger partial charge in [-0.05, 0) is 68.1 Å². The topological polar surface area (TPSA) is 107 Å². The number of hydrogen-bond acceptors (Lipinski definition) is 8. The fraction of sp³-hybridized carbons (Fsp3) is 0.281. The van der Waals surface area contributed by atoms with Gasteiger partial charge in [0, 0.05) is 74.3 Å². The number of likely N-dealkylation sites (N-methyl/N-ethyl adjacent to an activating group) is 1. The summed E-state index contributed by atoms with van der Waals surface area (Å²) in [7, 11) is 2.13. The summed E-state index contributed by atoms with van der Waals surface area (Å²) in [6, 6.07) is 14.6. The number of nitrogens with one attached hydrogen (secondary N) is 2. The number of fused-ring (bicyclic) bond motifs is 1. The second-order valence-electron chi connectivity index (χ2n) is 11.1. The molecule has 0 aliphatic carbocycles. The normalized spacial score (nSPS) is 15.5. The third-order valence-corrected chi connectivity index (χ3v) is 7.99. The molecule has 2 aromatic heterocycles. The Balaban J connectivity index is 1.14. The summed E-state index contributed by atoms with van der Waals surface area (Å²) in [5.41, 5.74) is 3.31. The summed E-state index contributed by atoms with van der Waals surface area (Å²) >= 11 is 0. The van der Waals surface area contributed by atoms with Crippen molar-refractivity contribution >= 4 is 40.5 Å². The second kappa shape index (κ2) is 12.2. The van der Waals surface area contributed by atoms with Gasteiger partial charge in [-0.2, -0.15) is 13.2 Å². The molecular weight excluding hydrogens is 585 g/mol. The average molecular weight is 617 g/mol. The predicted molar refractivity (Wildman–Crippen MR) is 165 cm³/mol. The lowest BCUT2D eigenvalue weighted by atomic mass is 10.0. The molecule has 4 heterocycles. The molecule has 0 radical (unpaired) electrons. The van der Waals surface area contributed by atoms with Crippen molar-refractivity contribution in [3.05, 3.63) is 95.1 Å². The third kappa shape index (κ3) is 6.58. The smallest absolute Gasteiger partial charge is 0.369 e. The average Bonchev–Trinajstić information content (AvgIpc) is 3.03. The van der Waals surface area contributed by atoms with Crippen molar-refractivity contribution in [3.8, 4) is 0 Å². The van der Waals surface area contributed by atoms with Gasteiger partial charge in [0.15, 0.2) is 0 Å². The van der Waals surface area contributed by atoms with Crippen LogP contribution in [0, 0.1) is 6.92 Å². The van der Waals surface area contributed by atoms with Gasteiger partial charge in [-0.3, -0.25) is 14.6 Å². The number of benzene rings is 2. The van der Waals surface area contributed by atoms with E-state index in [0.717, 1.165) is 55.4 Å². The molecule has 1 fully saturated rings. The minimum Gasteiger partial charge on any atom is -0.369 e. The van der Waals surface area contributed by atoms with Crippen LogP contribution in [-0.2, 0) is 12.6 Å². The Bertz CT molecular complexity index is 1740. The molecule has 0 unspecified atom stereocenters. The maximum Gasteiger partial charge on any atom is 0.416 e. The first-order chi connectivity index (χ1) is 21.5. The van der Waals surface area contributed by atoms with E-state index in [1.165, 1.54) is 6.20 Å². The van der Waals surface area contributed by atoms with E-state index in [2.05, 4.69) is 54.6 Å². The number of anilines is 5. The van der Waals surface area contributed by atoms with Gasteiger partial charge in [-0.25, -0.2) is 9.97 Å². The van der Waals surface area contributed by atoms with E-state index in [0.29, 0.717) is 47.6 Å². The highest BCUT2D eigenvalue weighted by Gasteiger charge is 2.32. The fourth-order valence-electron chi connectivity index (χ4n) is 5.39. The Hall–Kier alpha value is -5.04. The molecule has 6 rings (SSSR count). The number of aryl methyl sites for hydroxylation is 1. The Morgan fingerprint density at radius 3 is 2.38 bits per heavy atom. The number of hydrogen-bond donors (Lipinski definition) is 2. The van der Waals surface area contributed by atoms with Gasteiger partial charge in [-0.15, -0.1) is 0 Å². The number of halogens is 3. The highest BCUT2D eigenvalue weighted by molar-refractivity contribution is 6.09. The van der Waals surface area contributed by atoms with Crippen molar-refractivity contribution in [1.82, 2.24) is 19.9 Å². The fourth-order valence-corrected chi connectivity index (χ4v) is 5.39. The highest BCUT2D eigenvalue weighted by Crippen LogP contribution is 2.31. The van der Waals surface area contributed by atoms with Crippen LogP contribution in [0.15, 0.2) is 67.0 Å². The van der Waals surface area contributed by atoms with Crippen molar-refractivity contribution in [2.45, 2.75) is 19.5 Å². The molecule has 0 spiro atoms. The summed E-state index contributed by atoms with van der Waals surface area (Å²) in [4.78, 5) is 45.3. The third-order valence-electron chi connectivity index (χ3n) is 7.99. The molecule has 232 valence electrons. The quantitative estimate of drug-likeness (QED) is 0.307. The molecule has 13 heteroatoms. The molecule has 1 saturated heterocycles. The van der Waals surface area contributed by atoms with Crippen molar-refractivity contribution < 1.29 is 22.8 Å². The minimum absolute atomic E-state index is 0.287. The van der Waals surface area contributed by atoms with Gasteiger partial charge in [0.1, 0.15) is 5.69 Å². The van der Waals surface area contributed by atoms with Crippen LogP contribution in [0.4, 0.5) is 41.9 Å². The van der Waals surface area contributed by atoms with Crippen LogP contribution in [0.25, 0.3) is 0 Å². The van der Waals surface area contributed by atoms with Crippen LogP contribution < -0.4 is 20.4 Å². The molecule has 0 bridgehead atoms. The molecule has 2 amide bonds. The van der Waals surface area contributed by atoms with Crippen LogP contribution in [0.5, 0.6) is 0 Å². The van der Waals surface area contributed by atoms with Gasteiger partial charge in [0.05, 0.1) is 16.8 Å². The van der Waals surface area contributed by atoms with Crippen LogP contribution >= 0.6 is 0 Å². The molecule has 10 nitrogen and oxygen atoms in total. The Morgan fingerprint density at radius 1 is 0.911 bits per heavy atom. The molecule has 2 aromatic carbocycles. The van der Waals surface area contributed by atoms with Crippen LogP contribution in [-0.4, -0.2) is 71.4 Å². The monoisotopic (exact) mass is 616 g/mol. The van der Waals surface area contributed by atoms with Gasteiger partial charge >= 0.3 is 6.18 Å². The molecule has 2 N–H and O–H groups in total. The lowest BCUT2D eigenvalue weighted by Gasteiger charge is -2.34. The molecule has 0 saturated carbocycles. The zero-order valence-corrected chi connectivity index (χ0v) is 24.7. The van der Waals surface area contributed by atoms with Crippen LogP contribution in [0.2, 0.25) is 0 Å². The molecule has 4 aromatic rings. The molecule has 2 aliphatic rings. The van der Waals surface area contributed by atoms with E-state index in [9.17, 15) is 22.8 Å². The van der Waals surface area contributed by atoms with E-state index in [4.69, 9.17) is 0 Å². The van der Waals surface area contributed by atoms with Crippen molar-refractivity contribution in [1.29, 1.82) is 0 Å². The summed E-state index contributed by atoms with van der Waals surface area (Å²) in [5, 5.41) is 5.81. The van der Waals surface area contributed by atoms with Crippen molar-refractivity contribution in [2.75, 3.05) is 60.2 Å². The number of piperazine rings is 1. The Kier molecular flexibility index (Phi) is 8.11. The number of carbonyl (C=O) groups excluding carboxylic acids is 2. The Labute approximate surface area is 257 Å². The number of nitrogens with zero attached hydrogens (tertiary/aromatic N) is 6. The van der Waals surface area contributed by atoms with Gasteiger partial charge in [-0.1, -0.05) is 6.07 Å². The van der Waals surface area contributed by atoms with Gasteiger partial charge in [0.25, 0.3) is 11.8 Å². The standard InChI is InChI=1S/C32H31F3N8O2/c1-20-3-4-23(38-29(44)27-17-21(9-11-36-27)32(33,34)35)18-28(20)43-12-10-26-25(30(43)45)19-37-31(40-26)39-22-5-7-24(8-6-22)42-15-13-41(2)14-16-42/h3-9,11,17-19H,10,12-16H2,1-2H3,(H,38,44)(H,37,39,40). The molecule has 45 heavy (non-hydrogen) atoms. The number of pyridine rings is 1. The van der Waals surface area contributed by atoms with Gasteiger partial charge < -0.3 is 25.3 Å². The number of rotatable bonds is 6. The highest BCUT2D eigenvalue weighted by atomic mass is 19.4. The zero-order chi connectivity index (χ0) is 31.7. The lowest BCUT2D eigenvalue weighted by molar-refractivity contribution is -0.137. The predicted octanol–water partition coefficient (Wildman–Crippen LogP) is 5.15. The number of alkyl halides is 3. The van der Waals surface area contributed by atoms with E-state index < -0.39 is 17.6 Å². The second-order valence-corrected chi connectivity index (χ2v) is 11.1. The first-order valence-electron chi connectivity index (χ1n) is 14.5. The van der Waals surface area contributed by atoms with E-state index in [-0.39, 0.29) is 11.6 Å². The largest absolute Gasteiger partial charge is 0.416 e. The summed E-state index contributed by atoms with van der Waals surface area (Å²) in [5.74, 6) is -0.689. The van der Waals surface area contributed by atoms with Crippen LogP contribution in [0.1, 0.15) is 37.7 Å². The first-order valence-corrected chi connectivity index (χ1v) is 14.5. The maximum atomic E-state index is 13.5. The zero-order valence-electron chi connectivity index (χ0n) is 24.7. The lowest BCUT2D eigenvalue weighted by Crippen LogP contribution is -2.44. The molecule has 0 atom stereocenters.